The van der Waals surface area contributed by atoms with Crippen LogP contribution in [0.1, 0.15) is 109 Å². The maximum absolute atomic E-state index is 13.6. The fraction of sp³-hybridized carbons (Fsp3) is 0.964. The zero-order chi connectivity index (χ0) is 21.5. The maximum atomic E-state index is 13.6. The Morgan fingerprint density at radius 3 is 1.16 bits per heavy atom. The lowest BCUT2D eigenvalue weighted by Gasteiger charge is -2.60. The first-order valence-electron chi connectivity index (χ1n) is 13.7. The second-order valence-electron chi connectivity index (χ2n) is 12.3. The van der Waals surface area contributed by atoms with Gasteiger partial charge in [-0.2, -0.15) is 0 Å². The predicted molar refractivity (Wildman–Crippen MR) is 124 cm³/mol. The molecular weight excluding hydrogens is 384 g/mol. The number of carbonyl (C=O) groups is 1. The highest BCUT2D eigenvalue weighted by Gasteiger charge is 2.63. The van der Waals surface area contributed by atoms with E-state index < -0.39 is 0 Å². The van der Waals surface area contributed by atoms with E-state index in [9.17, 15) is 4.79 Å². The smallest absolute Gasteiger partial charge is 0.145 e. The molecule has 0 heterocycles. The van der Waals surface area contributed by atoms with Crippen LogP contribution in [0, 0.1) is 34.5 Å². The summed E-state index contributed by atoms with van der Waals surface area (Å²) in [4.78, 5) is 13.6. The van der Waals surface area contributed by atoms with Crippen LogP contribution >= 0.6 is 0 Å². The average Bonchev–Trinajstić information content (AvgIpc) is 2.85. The van der Waals surface area contributed by atoms with Crippen LogP contribution in [0.4, 0.5) is 0 Å². The molecule has 5 saturated carbocycles. The molecule has 5 aliphatic carbocycles. The van der Waals surface area contributed by atoms with Crippen LogP contribution in [0.3, 0.4) is 0 Å². The second kappa shape index (κ2) is 9.09. The summed E-state index contributed by atoms with van der Waals surface area (Å²) in [6.07, 6.45) is 22.7. The quantitative estimate of drug-likeness (QED) is 0.496. The van der Waals surface area contributed by atoms with E-state index in [-0.39, 0.29) is 10.8 Å². The molecule has 0 atom stereocenters. The summed E-state index contributed by atoms with van der Waals surface area (Å²) in [5, 5.41) is 0. The summed E-state index contributed by atoms with van der Waals surface area (Å²) in [5.74, 6) is 4.27. The molecule has 0 N–H and O–H groups in total. The van der Waals surface area contributed by atoms with E-state index in [1.807, 2.05) is 14.2 Å². The summed E-state index contributed by atoms with van der Waals surface area (Å²) < 4.78 is 11.1. The van der Waals surface area contributed by atoms with Gasteiger partial charge in [0.25, 0.3) is 0 Å². The van der Waals surface area contributed by atoms with Crippen molar-refractivity contribution in [3.63, 3.8) is 0 Å². The Morgan fingerprint density at radius 1 is 0.548 bits per heavy atom. The van der Waals surface area contributed by atoms with E-state index >= 15 is 0 Å². The molecule has 2 spiro atoms. The number of hydrogen-bond acceptors (Lipinski definition) is 3. The molecule has 0 unspecified atom stereocenters. The molecule has 0 amide bonds. The van der Waals surface area contributed by atoms with Crippen molar-refractivity contribution in [3.05, 3.63) is 0 Å². The number of rotatable bonds is 4. The van der Waals surface area contributed by atoms with Gasteiger partial charge in [0.15, 0.2) is 0 Å². The molecule has 176 valence electrons. The molecule has 3 nitrogen and oxygen atoms in total. The van der Waals surface area contributed by atoms with Gasteiger partial charge < -0.3 is 9.47 Å². The molecule has 5 aliphatic rings. The average molecular weight is 431 g/mol. The van der Waals surface area contributed by atoms with Crippen molar-refractivity contribution in [3.8, 4) is 0 Å². The Balaban J connectivity index is 1.09. The van der Waals surface area contributed by atoms with E-state index in [1.54, 1.807) is 0 Å². The number of hydrogen-bond donors (Lipinski definition) is 0. The Kier molecular flexibility index (Phi) is 6.56. The number of carbonyl (C=O) groups excluding carboxylic acids is 1. The zero-order valence-electron chi connectivity index (χ0n) is 20.2. The molecule has 0 aliphatic heterocycles. The lowest BCUT2D eigenvalue weighted by Crippen LogP contribution is -2.60. The third-order valence-electron chi connectivity index (χ3n) is 11.1. The summed E-state index contributed by atoms with van der Waals surface area (Å²) in [5.41, 5.74) is 0.202. The highest BCUT2D eigenvalue weighted by Crippen LogP contribution is 2.65. The Morgan fingerprint density at radius 2 is 0.871 bits per heavy atom. The highest BCUT2D eigenvalue weighted by atomic mass is 16.5. The molecule has 0 bridgehead atoms. The van der Waals surface area contributed by atoms with E-state index in [0.29, 0.717) is 18.0 Å². The van der Waals surface area contributed by atoms with Crippen molar-refractivity contribution in [2.45, 2.75) is 121 Å². The van der Waals surface area contributed by atoms with Gasteiger partial charge in [-0.1, -0.05) is 0 Å². The van der Waals surface area contributed by atoms with Gasteiger partial charge in [0.1, 0.15) is 5.78 Å². The lowest BCUT2D eigenvalue weighted by atomic mass is 9.42. The molecule has 0 aromatic carbocycles. The largest absolute Gasteiger partial charge is 0.381 e. The van der Waals surface area contributed by atoms with Crippen molar-refractivity contribution in [2.75, 3.05) is 14.2 Å². The first-order valence-corrected chi connectivity index (χ1v) is 13.7. The SMILES string of the molecule is COC1CCC(C2CCC3(CC2)CC2(CCC(C4CCC(OC)CC4)CC2)C3=O)CC1. The lowest BCUT2D eigenvalue weighted by molar-refractivity contribution is -0.170. The Labute approximate surface area is 190 Å². The van der Waals surface area contributed by atoms with Gasteiger partial charge in [-0.25, -0.2) is 0 Å². The van der Waals surface area contributed by atoms with E-state index in [4.69, 9.17) is 9.47 Å². The van der Waals surface area contributed by atoms with Crippen LogP contribution in [-0.4, -0.2) is 32.2 Å². The zero-order valence-corrected chi connectivity index (χ0v) is 20.2. The van der Waals surface area contributed by atoms with E-state index in [0.717, 1.165) is 23.7 Å². The number of Topliss-reactive ketones (excluding diaryl/α,β-unsaturated/α-hetero) is 1. The summed E-state index contributed by atoms with van der Waals surface area (Å²) >= 11 is 0. The minimum absolute atomic E-state index is 0.101. The number of ether oxygens (including phenoxy) is 2. The van der Waals surface area contributed by atoms with Gasteiger partial charge in [-0.3, -0.25) is 4.79 Å². The van der Waals surface area contributed by atoms with Crippen molar-refractivity contribution < 1.29 is 14.3 Å². The highest BCUT2D eigenvalue weighted by molar-refractivity contribution is 5.96. The van der Waals surface area contributed by atoms with Gasteiger partial charge in [0, 0.05) is 25.0 Å². The Bertz CT molecular complexity index is 558. The Hall–Kier alpha value is -0.410. The second-order valence-corrected chi connectivity index (χ2v) is 12.3. The van der Waals surface area contributed by atoms with Crippen molar-refractivity contribution in [1.29, 1.82) is 0 Å². The van der Waals surface area contributed by atoms with Gasteiger partial charge in [0.05, 0.1) is 12.2 Å². The molecular formula is C28H46O3. The van der Waals surface area contributed by atoms with Crippen molar-refractivity contribution in [2.24, 2.45) is 34.5 Å². The minimum Gasteiger partial charge on any atom is -0.381 e. The minimum atomic E-state index is 0.101. The molecule has 0 saturated heterocycles. The monoisotopic (exact) mass is 430 g/mol. The molecule has 5 fully saturated rings. The van der Waals surface area contributed by atoms with Crippen LogP contribution in [0.25, 0.3) is 0 Å². The van der Waals surface area contributed by atoms with Crippen LogP contribution in [0.15, 0.2) is 0 Å². The summed E-state index contributed by atoms with van der Waals surface area (Å²) in [7, 11) is 3.74. The fourth-order valence-corrected chi connectivity index (χ4v) is 8.99. The summed E-state index contributed by atoms with van der Waals surface area (Å²) in [6, 6.07) is 0. The van der Waals surface area contributed by atoms with Gasteiger partial charge in [-0.15, -0.1) is 0 Å². The van der Waals surface area contributed by atoms with Gasteiger partial charge in [-0.05, 0) is 133 Å². The molecule has 0 radical (unpaired) electrons. The molecule has 0 aromatic heterocycles. The normalized spacial score (nSPS) is 48.6. The van der Waals surface area contributed by atoms with Crippen LogP contribution in [0.5, 0.6) is 0 Å². The van der Waals surface area contributed by atoms with Gasteiger partial charge in [0.2, 0.25) is 0 Å². The van der Waals surface area contributed by atoms with Gasteiger partial charge >= 0.3 is 0 Å². The van der Waals surface area contributed by atoms with Crippen molar-refractivity contribution in [1.82, 2.24) is 0 Å². The van der Waals surface area contributed by atoms with Crippen LogP contribution in [0.2, 0.25) is 0 Å². The van der Waals surface area contributed by atoms with Crippen LogP contribution < -0.4 is 0 Å². The van der Waals surface area contributed by atoms with E-state index in [1.165, 1.54) is 109 Å². The molecule has 3 heteroatoms. The first kappa shape index (κ1) is 22.4. The van der Waals surface area contributed by atoms with Crippen molar-refractivity contribution >= 4 is 5.78 Å². The summed E-state index contributed by atoms with van der Waals surface area (Å²) in [6.45, 7) is 0. The fourth-order valence-electron chi connectivity index (χ4n) is 8.99. The molecule has 31 heavy (non-hydrogen) atoms. The number of ketones is 1. The molecule has 0 aromatic rings. The third kappa shape index (κ3) is 4.16. The number of methoxy groups -OCH3 is 2. The molecule has 5 rings (SSSR count). The first-order chi connectivity index (χ1) is 15.1. The topological polar surface area (TPSA) is 35.5 Å². The van der Waals surface area contributed by atoms with E-state index in [2.05, 4.69) is 0 Å². The standard InChI is InChI=1S/C28H46O3/c1-30-24-7-3-20(4-8-24)22-11-15-27(16-12-22)19-28(26(27)29)17-13-23(14-18-28)21-5-9-25(31-2)10-6-21/h20-25H,3-19H2,1-2H3. The third-order valence-corrected chi connectivity index (χ3v) is 11.1. The van der Waals surface area contributed by atoms with Crippen LogP contribution in [-0.2, 0) is 14.3 Å². The maximum Gasteiger partial charge on any atom is 0.145 e. The predicted octanol–water partition coefficient (Wildman–Crippen LogP) is 6.72.